The molecule has 0 aliphatic heterocycles. The fourth-order valence-corrected chi connectivity index (χ4v) is 2.63. The summed E-state index contributed by atoms with van der Waals surface area (Å²) in [6.07, 6.45) is 0. The van der Waals surface area contributed by atoms with Crippen molar-refractivity contribution in [1.29, 1.82) is 0 Å². The van der Waals surface area contributed by atoms with Crippen LogP contribution in [0, 0.1) is 0 Å². The third-order valence-electron chi connectivity index (χ3n) is 3.42. The second-order valence-corrected chi connectivity index (χ2v) is 5.84. The Morgan fingerprint density at radius 3 is 2.14 bits per heavy atom. The maximum Gasteiger partial charge on any atom is 0.194 e. The van der Waals surface area contributed by atoms with Crippen molar-refractivity contribution in [2.45, 2.75) is 0 Å². The molecule has 0 radical (unpaired) electrons. The molecule has 5 nitrogen and oxygen atoms in total. The first-order valence-electron chi connectivity index (χ1n) is 6.60. The number of carbonyl (C=O) groups is 2. The minimum absolute atomic E-state index is 0.0210. The lowest BCUT2D eigenvalue weighted by atomic mass is 9.84. The van der Waals surface area contributed by atoms with Crippen LogP contribution in [0.2, 0.25) is 0 Å². The van der Waals surface area contributed by atoms with E-state index in [1.54, 1.807) is 36.4 Å². The molecule has 22 heavy (non-hydrogen) atoms. The molecule has 0 aromatic heterocycles. The van der Waals surface area contributed by atoms with E-state index in [1.165, 1.54) is 6.07 Å². The van der Waals surface area contributed by atoms with Crippen LogP contribution < -0.4 is 4.74 Å². The molecular weight excluding hydrogens is 304 g/mol. The minimum Gasteiger partial charge on any atom is -0.493 e. The molecule has 2 aromatic rings. The number of carbonyl (C=O) groups excluding carboxylic acids is 2. The molecule has 1 aliphatic carbocycles. The Hall–Kier alpha value is -2.31. The third kappa shape index (κ3) is 2.58. The molecule has 1 unspecified atom stereocenters. The summed E-state index contributed by atoms with van der Waals surface area (Å²) in [5.41, 5.74) is 1.44. The van der Waals surface area contributed by atoms with Crippen LogP contribution in [0.15, 0.2) is 42.5 Å². The second kappa shape index (κ2) is 5.82. The summed E-state index contributed by atoms with van der Waals surface area (Å²) in [5.74, 6) is -0.0355. The first-order valence-corrected chi connectivity index (χ1v) is 7.88. The van der Waals surface area contributed by atoms with Gasteiger partial charge in [0.05, 0.1) is 5.75 Å². The predicted molar refractivity (Wildman–Crippen MR) is 80.9 cm³/mol. The quantitative estimate of drug-likeness (QED) is 0.745. The Balaban J connectivity index is 1.94. The summed E-state index contributed by atoms with van der Waals surface area (Å²) in [4.78, 5) is 24.9. The van der Waals surface area contributed by atoms with E-state index in [-0.39, 0.29) is 23.9 Å². The van der Waals surface area contributed by atoms with E-state index in [0.29, 0.717) is 28.0 Å². The predicted octanol–water partition coefficient (Wildman–Crippen LogP) is 2.06. The van der Waals surface area contributed by atoms with Crippen molar-refractivity contribution in [2.24, 2.45) is 0 Å². The third-order valence-corrected chi connectivity index (χ3v) is 3.94. The van der Waals surface area contributed by atoms with Gasteiger partial charge in [0.25, 0.3) is 0 Å². The van der Waals surface area contributed by atoms with E-state index in [4.69, 9.17) is 9.29 Å². The van der Waals surface area contributed by atoms with Crippen molar-refractivity contribution < 1.29 is 23.1 Å². The molecule has 0 spiro atoms. The highest BCUT2D eigenvalue weighted by molar-refractivity contribution is 7.79. The highest BCUT2D eigenvalue weighted by Gasteiger charge is 2.29. The number of ketones is 2. The van der Waals surface area contributed by atoms with Crippen LogP contribution >= 0.6 is 0 Å². The molecule has 1 aliphatic rings. The average Bonchev–Trinajstić information content (AvgIpc) is 2.52. The first-order chi connectivity index (χ1) is 10.6. The smallest absolute Gasteiger partial charge is 0.194 e. The normalized spacial score (nSPS) is 14.2. The maximum absolute atomic E-state index is 12.5. The fraction of sp³-hybridized carbons (Fsp3) is 0.125. The summed E-state index contributed by atoms with van der Waals surface area (Å²) in [7, 11) is 0. The van der Waals surface area contributed by atoms with E-state index in [9.17, 15) is 13.8 Å². The zero-order valence-corrected chi connectivity index (χ0v) is 12.3. The Morgan fingerprint density at radius 2 is 1.50 bits per heavy atom. The summed E-state index contributed by atoms with van der Waals surface area (Å²) in [6, 6.07) is 11.3. The average molecular weight is 316 g/mol. The second-order valence-electron chi connectivity index (χ2n) is 4.79. The van der Waals surface area contributed by atoms with Gasteiger partial charge < -0.3 is 9.29 Å². The van der Waals surface area contributed by atoms with Crippen molar-refractivity contribution >= 4 is 22.6 Å². The molecule has 3 rings (SSSR count). The van der Waals surface area contributed by atoms with Crippen molar-refractivity contribution in [3.8, 4) is 5.75 Å². The largest absolute Gasteiger partial charge is 0.493 e. The molecule has 6 heteroatoms. The summed E-state index contributed by atoms with van der Waals surface area (Å²) in [5, 5.41) is 0. The van der Waals surface area contributed by atoms with E-state index >= 15 is 0 Å². The van der Waals surface area contributed by atoms with E-state index in [0.717, 1.165) is 0 Å². The van der Waals surface area contributed by atoms with Crippen molar-refractivity contribution in [3.05, 3.63) is 64.7 Å². The zero-order chi connectivity index (χ0) is 15.7. The standard InChI is InChI=1S/C16H12O5S/c17-15-11-3-1-2-4-12(11)16(18)14-9-10(5-6-13(14)15)21-7-8-22(19)20/h1-6,9H,7-8H2,(H,19,20). The molecular formula is C16H12O5S. The topological polar surface area (TPSA) is 80.7 Å². The number of rotatable bonds is 4. The number of hydrogen-bond acceptors (Lipinski definition) is 4. The summed E-state index contributed by atoms with van der Waals surface area (Å²) >= 11 is -1.93. The van der Waals surface area contributed by atoms with Crippen LogP contribution in [0.4, 0.5) is 0 Å². The van der Waals surface area contributed by atoms with Crippen molar-refractivity contribution in [2.75, 3.05) is 12.4 Å². The lowest BCUT2D eigenvalue weighted by molar-refractivity contribution is 0.0979. The van der Waals surface area contributed by atoms with Crippen molar-refractivity contribution in [3.63, 3.8) is 0 Å². The lowest BCUT2D eigenvalue weighted by Gasteiger charge is -2.18. The van der Waals surface area contributed by atoms with Crippen LogP contribution in [0.1, 0.15) is 31.8 Å². The SMILES string of the molecule is O=C1c2ccccc2C(=O)c2cc(OCCS(=O)O)ccc21. The monoisotopic (exact) mass is 316 g/mol. The number of fused-ring (bicyclic) bond motifs is 2. The molecule has 0 heterocycles. The van der Waals surface area contributed by atoms with E-state index < -0.39 is 11.1 Å². The molecule has 0 bridgehead atoms. The highest BCUT2D eigenvalue weighted by Crippen LogP contribution is 2.29. The lowest BCUT2D eigenvalue weighted by Crippen LogP contribution is -2.20. The summed E-state index contributed by atoms with van der Waals surface area (Å²) in [6.45, 7) is 0.0562. The van der Waals surface area contributed by atoms with Gasteiger partial charge in [-0.3, -0.25) is 9.59 Å². The highest BCUT2D eigenvalue weighted by atomic mass is 32.2. The Morgan fingerprint density at radius 1 is 0.909 bits per heavy atom. The van der Waals surface area contributed by atoms with Crippen molar-refractivity contribution in [1.82, 2.24) is 0 Å². The van der Waals surface area contributed by atoms with Gasteiger partial charge in [-0.05, 0) is 18.2 Å². The Bertz CT molecular complexity index is 797. The van der Waals surface area contributed by atoms with E-state index in [2.05, 4.69) is 0 Å². The maximum atomic E-state index is 12.5. The first kappa shape index (κ1) is 14.6. The van der Waals surface area contributed by atoms with Gasteiger partial charge in [0, 0.05) is 22.3 Å². The van der Waals surface area contributed by atoms with Gasteiger partial charge in [0.1, 0.15) is 12.4 Å². The minimum atomic E-state index is -1.93. The molecule has 0 amide bonds. The molecule has 1 N–H and O–H groups in total. The molecule has 0 saturated heterocycles. The molecule has 2 aromatic carbocycles. The Kier molecular flexibility index (Phi) is 3.87. The molecule has 112 valence electrons. The van der Waals surface area contributed by atoms with Gasteiger partial charge in [-0.15, -0.1) is 0 Å². The van der Waals surface area contributed by atoms with Gasteiger partial charge in [-0.1, -0.05) is 24.3 Å². The van der Waals surface area contributed by atoms with Crippen LogP contribution in [-0.4, -0.2) is 32.7 Å². The molecule has 0 saturated carbocycles. The van der Waals surface area contributed by atoms with Crippen LogP contribution in [0.3, 0.4) is 0 Å². The van der Waals surface area contributed by atoms with Gasteiger partial charge in [-0.25, -0.2) is 4.21 Å². The van der Waals surface area contributed by atoms with Gasteiger partial charge in [-0.2, -0.15) is 0 Å². The molecule has 1 atom stereocenters. The molecule has 0 fully saturated rings. The number of ether oxygens (including phenoxy) is 1. The summed E-state index contributed by atoms with van der Waals surface area (Å²) < 4.78 is 24.6. The number of benzene rings is 2. The van der Waals surface area contributed by atoms with Crippen LogP contribution in [-0.2, 0) is 11.1 Å². The van der Waals surface area contributed by atoms with Crippen LogP contribution in [0.25, 0.3) is 0 Å². The van der Waals surface area contributed by atoms with Gasteiger partial charge in [0.15, 0.2) is 22.6 Å². The van der Waals surface area contributed by atoms with E-state index in [1.807, 2.05) is 0 Å². The number of hydrogen-bond donors (Lipinski definition) is 1. The van der Waals surface area contributed by atoms with Crippen LogP contribution in [0.5, 0.6) is 5.75 Å². The van der Waals surface area contributed by atoms with Gasteiger partial charge in [0.2, 0.25) is 0 Å². The zero-order valence-electron chi connectivity index (χ0n) is 11.4. The van der Waals surface area contributed by atoms with Gasteiger partial charge >= 0.3 is 0 Å². The Labute approximate surface area is 129 Å². The fourth-order valence-electron chi connectivity index (χ4n) is 2.40.